The molecule has 0 aliphatic heterocycles. The van der Waals surface area contributed by atoms with Crippen molar-refractivity contribution in [1.82, 2.24) is 4.98 Å². The van der Waals surface area contributed by atoms with Crippen molar-refractivity contribution in [2.24, 2.45) is 0 Å². The largest absolute Gasteiger partial charge is 0.427 e. The smallest absolute Gasteiger partial charge is 0.309 e. The van der Waals surface area contributed by atoms with E-state index in [2.05, 4.69) is 29.2 Å². The van der Waals surface area contributed by atoms with Crippen LogP contribution in [0.3, 0.4) is 0 Å². The predicted molar refractivity (Wildman–Crippen MR) is 95.3 cm³/mol. The van der Waals surface area contributed by atoms with Gasteiger partial charge in [0.1, 0.15) is 0 Å². The number of nitrogens with zero attached hydrogens (tertiary/aromatic N) is 1. The van der Waals surface area contributed by atoms with Crippen molar-refractivity contribution in [3.05, 3.63) is 47.7 Å². The number of benzene rings is 1. The van der Waals surface area contributed by atoms with E-state index in [1.54, 1.807) is 13.8 Å². The first-order valence-corrected chi connectivity index (χ1v) is 8.20. The van der Waals surface area contributed by atoms with Crippen LogP contribution in [0.25, 0.3) is 11.3 Å². The second kappa shape index (κ2) is 5.77. The monoisotopic (exact) mass is 309 g/mol. The molecule has 0 radical (unpaired) electrons. The Morgan fingerprint density at radius 3 is 2.57 bits per heavy atom. The van der Waals surface area contributed by atoms with Gasteiger partial charge in [0.05, 0.1) is 16.9 Å². The van der Waals surface area contributed by atoms with E-state index in [0.717, 1.165) is 24.0 Å². The van der Waals surface area contributed by atoms with Gasteiger partial charge in [-0.1, -0.05) is 29.7 Å². The van der Waals surface area contributed by atoms with E-state index in [1.807, 2.05) is 26.1 Å². The summed E-state index contributed by atoms with van der Waals surface area (Å²) < 4.78 is 5.97. The Labute approximate surface area is 139 Å². The molecule has 0 bridgehead atoms. The quantitative estimate of drug-likeness (QED) is 0.882. The van der Waals surface area contributed by atoms with Crippen LogP contribution in [-0.4, -0.2) is 28.8 Å². The molecule has 23 heavy (non-hydrogen) atoms. The Morgan fingerprint density at radius 2 is 1.83 bits per heavy atom. The number of hydrogen-bond donors (Lipinski definition) is 1. The summed E-state index contributed by atoms with van der Waals surface area (Å²) in [6.45, 7) is 7.40. The molecular weight excluding hydrogens is 285 g/mol. The summed E-state index contributed by atoms with van der Waals surface area (Å²) in [4.78, 5) is 4.54. The van der Waals surface area contributed by atoms with Crippen LogP contribution >= 0.6 is 0 Å². The molecule has 0 saturated carbocycles. The van der Waals surface area contributed by atoms with E-state index in [0.29, 0.717) is 7.48 Å². The maximum Gasteiger partial charge on any atom is 0.309 e. The highest BCUT2D eigenvalue weighted by Gasteiger charge is 2.35. The fourth-order valence-electron chi connectivity index (χ4n) is 2.77. The second-order valence-corrected chi connectivity index (χ2v) is 7.36. The Hall–Kier alpha value is -1.65. The SMILES string of the molecule is CC(C)(O)C(C)(C)OBc1ccc2c(c1)CCc1cccnc1-2. The van der Waals surface area contributed by atoms with Gasteiger partial charge in [-0.2, -0.15) is 0 Å². The zero-order valence-electron chi connectivity index (χ0n) is 14.4. The maximum atomic E-state index is 10.2. The van der Waals surface area contributed by atoms with Crippen LogP contribution in [0.5, 0.6) is 0 Å². The van der Waals surface area contributed by atoms with Crippen LogP contribution in [0.2, 0.25) is 0 Å². The molecule has 1 aromatic heterocycles. The number of hydrogen-bond acceptors (Lipinski definition) is 3. The lowest BCUT2D eigenvalue weighted by molar-refractivity contribution is -0.0893. The third-order valence-electron chi connectivity index (χ3n) is 5.05. The Kier molecular flexibility index (Phi) is 4.07. The summed E-state index contributed by atoms with van der Waals surface area (Å²) in [5.74, 6) is 0. The first-order chi connectivity index (χ1) is 10.8. The highest BCUT2D eigenvalue weighted by molar-refractivity contribution is 6.47. The normalized spacial score (nSPS) is 14.1. The summed E-state index contributed by atoms with van der Waals surface area (Å²) in [7, 11) is 0.499. The molecule has 4 heteroatoms. The molecule has 3 nitrogen and oxygen atoms in total. The van der Waals surface area contributed by atoms with Crippen molar-refractivity contribution < 1.29 is 9.76 Å². The molecule has 0 saturated heterocycles. The van der Waals surface area contributed by atoms with Gasteiger partial charge in [-0.15, -0.1) is 0 Å². The lowest BCUT2D eigenvalue weighted by Crippen LogP contribution is -2.49. The summed E-state index contributed by atoms with van der Waals surface area (Å²) in [5.41, 5.74) is 4.66. The van der Waals surface area contributed by atoms with Gasteiger partial charge >= 0.3 is 7.48 Å². The van der Waals surface area contributed by atoms with E-state index in [9.17, 15) is 5.11 Å². The highest BCUT2D eigenvalue weighted by atomic mass is 16.5. The van der Waals surface area contributed by atoms with Crippen LogP contribution in [0.4, 0.5) is 0 Å². The fraction of sp³-hybridized carbons (Fsp3) is 0.421. The Bertz CT molecular complexity index is 720. The minimum Gasteiger partial charge on any atom is -0.427 e. The zero-order valence-corrected chi connectivity index (χ0v) is 14.4. The molecular formula is C19H24BNO2. The van der Waals surface area contributed by atoms with Gasteiger partial charge in [0.15, 0.2) is 0 Å². The van der Waals surface area contributed by atoms with Gasteiger partial charge in [0.2, 0.25) is 0 Å². The maximum absolute atomic E-state index is 10.2. The number of aromatic nitrogens is 1. The molecule has 2 aromatic rings. The van der Waals surface area contributed by atoms with Crippen molar-refractivity contribution >= 4 is 12.9 Å². The first-order valence-electron chi connectivity index (χ1n) is 8.20. The zero-order chi connectivity index (χ0) is 16.7. The molecule has 120 valence electrons. The van der Waals surface area contributed by atoms with E-state index < -0.39 is 11.2 Å². The van der Waals surface area contributed by atoms with Crippen LogP contribution < -0.4 is 5.46 Å². The molecule has 1 heterocycles. The number of aliphatic hydroxyl groups is 1. The van der Waals surface area contributed by atoms with Crippen LogP contribution in [0.1, 0.15) is 38.8 Å². The minimum atomic E-state index is -0.885. The van der Waals surface area contributed by atoms with Gasteiger partial charge in [-0.25, -0.2) is 0 Å². The molecule has 0 fully saturated rings. The van der Waals surface area contributed by atoms with Crippen LogP contribution in [-0.2, 0) is 17.5 Å². The summed E-state index contributed by atoms with van der Waals surface area (Å²) >= 11 is 0. The predicted octanol–water partition coefficient (Wildman–Crippen LogP) is 2.39. The molecule has 3 rings (SSSR count). The average Bonchev–Trinajstić information content (AvgIpc) is 2.51. The van der Waals surface area contributed by atoms with Crippen LogP contribution in [0.15, 0.2) is 36.5 Å². The fourth-order valence-corrected chi connectivity index (χ4v) is 2.77. The van der Waals surface area contributed by atoms with Gasteiger partial charge in [0.25, 0.3) is 0 Å². The van der Waals surface area contributed by atoms with Gasteiger partial charge < -0.3 is 9.76 Å². The van der Waals surface area contributed by atoms with Crippen molar-refractivity contribution in [2.45, 2.75) is 51.7 Å². The van der Waals surface area contributed by atoms with E-state index in [1.165, 1.54) is 16.7 Å². The summed E-state index contributed by atoms with van der Waals surface area (Å²) in [6.07, 6.45) is 3.93. The number of pyridine rings is 1. The number of aryl methyl sites for hydroxylation is 2. The highest BCUT2D eigenvalue weighted by Crippen LogP contribution is 2.31. The van der Waals surface area contributed by atoms with Crippen molar-refractivity contribution in [1.29, 1.82) is 0 Å². The molecule has 1 aliphatic carbocycles. The summed E-state index contributed by atoms with van der Waals surface area (Å²) in [5, 5.41) is 10.2. The van der Waals surface area contributed by atoms with Crippen molar-refractivity contribution in [3.63, 3.8) is 0 Å². The molecule has 1 N–H and O–H groups in total. The van der Waals surface area contributed by atoms with Gasteiger partial charge in [-0.05, 0) is 57.7 Å². The minimum absolute atomic E-state index is 0.499. The lowest BCUT2D eigenvalue weighted by Gasteiger charge is -2.37. The van der Waals surface area contributed by atoms with Crippen molar-refractivity contribution in [3.8, 4) is 11.3 Å². The molecule has 0 unspecified atom stereocenters. The lowest BCUT2D eigenvalue weighted by atomic mass is 9.79. The van der Waals surface area contributed by atoms with Crippen molar-refractivity contribution in [2.75, 3.05) is 0 Å². The van der Waals surface area contributed by atoms with Gasteiger partial charge in [-0.3, -0.25) is 4.98 Å². The Balaban J connectivity index is 1.81. The third kappa shape index (κ3) is 3.19. The number of rotatable bonds is 4. The van der Waals surface area contributed by atoms with E-state index >= 15 is 0 Å². The second-order valence-electron chi connectivity index (χ2n) is 7.36. The molecule has 1 aliphatic rings. The standard InChI is InChI=1S/C19H24BNO2/c1-18(2,22)19(3,4)23-20-15-9-10-16-14(12-15)8-7-13-6-5-11-21-17(13)16/h5-6,9-12,20,22H,7-8H2,1-4H3. The molecule has 0 amide bonds. The van der Waals surface area contributed by atoms with E-state index in [-0.39, 0.29) is 0 Å². The molecule has 1 aromatic carbocycles. The van der Waals surface area contributed by atoms with Gasteiger partial charge in [0, 0.05) is 11.8 Å². The first kappa shape index (κ1) is 16.2. The molecule has 0 atom stereocenters. The summed E-state index contributed by atoms with van der Waals surface area (Å²) in [6, 6.07) is 10.6. The number of fused-ring (bicyclic) bond motifs is 3. The Morgan fingerprint density at radius 1 is 1.09 bits per heavy atom. The topological polar surface area (TPSA) is 42.4 Å². The third-order valence-corrected chi connectivity index (χ3v) is 5.05. The molecule has 0 spiro atoms. The van der Waals surface area contributed by atoms with Crippen LogP contribution in [0, 0.1) is 0 Å². The van der Waals surface area contributed by atoms with E-state index in [4.69, 9.17) is 4.65 Å². The average molecular weight is 309 g/mol.